The number of rotatable bonds is 5. The maximum absolute atomic E-state index is 12.1. The number of nitrogens with one attached hydrogen (secondary N) is 2. The van der Waals surface area contributed by atoms with Crippen molar-refractivity contribution in [2.45, 2.75) is 32.9 Å². The van der Waals surface area contributed by atoms with Crippen molar-refractivity contribution in [1.29, 1.82) is 0 Å². The van der Waals surface area contributed by atoms with Gasteiger partial charge in [0.2, 0.25) is 5.91 Å². The van der Waals surface area contributed by atoms with Gasteiger partial charge < -0.3 is 25.2 Å². The SMILES string of the molecule is CN=C(NCc1ccc(N2CCOCC2)cc1)NC1CCN(C(=O)C(C)C)C1. The minimum absolute atomic E-state index is 0.0524. The van der Waals surface area contributed by atoms with Gasteiger partial charge in [-0.15, -0.1) is 0 Å². The minimum atomic E-state index is 0.0524. The highest BCUT2D eigenvalue weighted by Crippen LogP contribution is 2.17. The van der Waals surface area contributed by atoms with Crippen molar-refractivity contribution >= 4 is 17.6 Å². The summed E-state index contributed by atoms with van der Waals surface area (Å²) in [7, 11) is 1.78. The number of anilines is 1. The predicted octanol–water partition coefficient (Wildman–Crippen LogP) is 1.45. The van der Waals surface area contributed by atoms with Gasteiger partial charge in [-0.3, -0.25) is 9.79 Å². The highest BCUT2D eigenvalue weighted by atomic mass is 16.5. The number of nitrogens with zero attached hydrogens (tertiary/aromatic N) is 3. The molecule has 7 heteroatoms. The van der Waals surface area contributed by atoms with Crippen LogP contribution in [-0.4, -0.2) is 69.2 Å². The number of hydrogen-bond acceptors (Lipinski definition) is 4. The molecule has 2 saturated heterocycles. The summed E-state index contributed by atoms with van der Waals surface area (Å²) in [5, 5.41) is 6.83. The van der Waals surface area contributed by atoms with Crippen molar-refractivity contribution in [3.63, 3.8) is 0 Å². The Morgan fingerprint density at radius 3 is 2.57 bits per heavy atom. The quantitative estimate of drug-likeness (QED) is 0.591. The number of carbonyl (C=O) groups is 1. The van der Waals surface area contributed by atoms with E-state index < -0.39 is 0 Å². The Hall–Kier alpha value is -2.28. The Balaban J connectivity index is 1.46. The molecule has 2 fully saturated rings. The molecule has 1 aromatic rings. The van der Waals surface area contributed by atoms with E-state index in [0.717, 1.165) is 51.8 Å². The average Bonchev–Trinajstić information content (AvgIpc) is 3.20. The Labute approximate surface area is 168 Å². The van der Waals surface area contributed by atoms with E-state index in [0.29, 0.717) is 6.54 Å². The summed E-state index contributed by atoms with van der Waals surface area (Å²) in [4.78, 5) is 20.8. The molecule has 3 rings (SSSR count). The molecule has 2 N–H and O–H groups in total. The Kier molecular flexibility index (Phi) is 7.14. The third kappa shape index (κ3) is 5.38. The molecule has 1 unspecified atom stereocenters. The molecular formula is C21H33N5O2. The molecule has 0 radical (unpaired) electrons. The van der Waals surface area contributed by atoms with E-state index in [1.165, 1.54) is 11.3 Å². The maximum Gasteiger partial charge on any atom is 0.225 e. The topological polar surface area (TPSA) is 69.2 Å². The van der Waals surface area contributed by atoms with Crippen LogP contribution in [0.3, 0.4) is 0 Å². The second-order valence-electron chi connectivity index (χ2n) is 7.76. The van der Waals surface area contributed by atoms with Crippen LogP contribution in [0.5, 0.6) is 0 Å². The predicted molar refractivity (Wildman–Crippen MR) is 113 cm³/mol. The van der Waals surface area contributed by atoms with E-state index in [1.54, 1.807) is 7.05 Å². The summed E-state index contributed by atoms with van der Waals surface area (Å²) in [6.45, 7) is 9.67. The standard InChI is InChI=1S/C21H33N5O2/c1-16(2)20(27)26-9-8-18(15-26)24-21(22-3)23-14-17-4-6-19(7-5-17)25-10-12-28-13-11-25/h4-7,16,18H,8-15H2,1-3H3,(H2,22,23,24). The fraction of sp³-hybridized carbons (Fsp3) is 0.619. The lowest BCUT2D eigenvalue weighted by molar-refractivity contribution is -0.133. The minimum Gasteiger partial charge on any atom is -0.378 e. The van der Waals surface area contributed by atoms with Crippen LogP contribution in [0.2, 0.25) is 0 Å². The van der Waals surface area contributed by atoms with Crippen LogP contribution in [0, 0.1) is 5.92 Å². The molecule has 0 saturated carbocycles. The maximum atomic E-state index is 12.1. The number of benzene rings is 1. The Morgan fingerprint density at radius 1 is 1.21 bits per heavy atom. The number of guanidine groups is 1. The van der Waals surface area contributed by atoms with Crippen LogP contribution in [0.4, 0.5) is 5.69 Å². The molecule has 28 heavy (non-hydrogen) atoms. The van der Waals surface area contributed by atoms with Crippen LogP contribution >= 0.6 is 0 Å². The summed E-state index contributed by atoms with van der Waals surface area (Å²) in [5.74, 6) is 1.06. The van der Waals surface area contributed by atoms with E-state index in [1.807, 2.05) is 18.7 Å². The summed E-state index contributed by atoms with van der Waals surface area (Å²) >= 11 is 0. The highest BCUT2D eigenvalue weighted by Gasteiger charge is 2.27. The average molecular weight is 388 g/mol. The molecule has 0 spiro atoms. The normalized spacial score (nSPS) is 20.6. The van der Waals surface area contributed by atoms with Gasteiger partial charge in [-0.05, 0) is 24.1 Å². The van der Waals surface area contributed by atoms with Gasteiger partial charge in [0.15, 0.2) is 5.96 Å². The van der Waals surface area contributed by atoms with Gasteiger partial charge in [0.25, 0.3) is 0 Å². The van der Waals surface area contributed by atoms with E-state index in [9.17, 15) is 4.79 Å². The molecule has 1 aromatic carbocycles. The number of aliphatic imine (C=N–C) groups is 1. The summed E-state index contributed by atoms with van der Waals surface area (Å²) in [6.07, 6.45) is 0.952. The number of likely N-dealkylation sites (tertiary alicyclic amines) is 1. The lowest BCUT2D eigenvalue weighted by atomic mass is 10.2. The number of morpholine rings is 1. The molecule has 0 bridgehead atoms. The van der Waals surface area contributed by atoms with Crippen molar-refractivity contribution < 1.29 is 9.53 Å². The van der Waals surface area contributed by atoms with Crippen LogP contribution < -0.4 is 15.5 Å². The molecule has 1 atom stereocenters. The fourth-order valence-electron chi connectivity index (χ4n) is 3.66. The second-order valence-corrected chi connectivity index (χ2v) is 7.76. The first-order valence-electron chi connectivity index (χ1n) is 10.2. The zero-order valence-electron chi connectivity index (χ0n) is 17.3. The smallest absolute Gasteiger partial charge is 0.225 e. The first-order valence-corrected chi connectivity index (χ1v) is 10.2. The van der Waals surface area contributed by atoms with Gasteiger partial charge in [0.05, 0.1) is 13.2 Å². The van der Waals surface area contributed by atoms with Crippen molar-refractivity contribution in [2.75, 3.05) is 51.3 Å². The zero-order chi connectivity index (χ0) is 19.9. The fourth-order valence-corrected chi connectivity index (χ4v) is 3.66. The molecule has 7 nitrogen and oxygen atoms in total. The van der Waals surface area contributed by atoms with Crippen molar-refractivity contribution in [2.24, 2.45) is 10.9 Å². The van der Waals surface area contributed by atoms with Crippen molar-refractivity contribution in [1.82, 2.24) is 15.5 Å². The van der Waals surface area contributed by atoms with Crippen molar-refractivity contribution in [3.8, 4) is 0 Å². The van der Waals surface area contributed by atoms with E-state index >= 15 is 0 Å². The van der Waals surface area contributed by atoms with Crippen LogP contribution in [0.25, 0.3) is 0 Å². The van der Waals surface area contributed by atoms with E-state index in [4.69, 9.17) is 4.74 Å². The third-order valence-corrected chi connectivity index (χ3v) is 5.33. The Morgan fingerprint density at radius 2 is 1.93 bits per heavy atom. The van der Waals surface area contributed by atoms with Crippen LogP contribution in [0.1, 0.15) is 25.8 Å². The molecule has 2 heterocycles. The third-order valence-electron chi connectivity index (χ3n) is 5.33. The summed E-state index contributed by atoms with van der Waals surface area (Å²) in [6, 6.07) is 8.90. The molecule has 2 aliphatic rings. The highest BCUT2D eigenvalue weighted by molar-refractivity contribution is 5.81. The summed E-state index contributed by atoms with van der Waals surface area (Å²) in [5.41, 5.74) is 2.46. The number of carbonyl (C=O) groups excluding carboxylic acids is 1. The first kappa shape index (κ1) is 20.5. The Bertz CT molecular complexity index is 668. The van der Waals surface area contributed by atoms with Gasteiger partial charge in [-0.2, -0.15) is 0 Å². The van der Waals surface area contributed by atoms with Gasteiger partial charge in [0.1, 0.15) is 0 Å². The lowest BCUT2D eigenvalue weighted by Gasteiger charge is -2.29. The van der Waals surface area contributed by atoms with E-state index in [-0.39, 0.29) is 17.9 Å². The van der Waals surface area contributed by atoms with Gasteiger partial charge >= 0.3 is 0 Å². The van der Waals surface area contributed by atoms with Crippen LogP contribution in [-0.2, 0) is 16.1 Å². The van der Waals surface area contributed by atoms with Crippen molar-refractivity contribution in [3.05, 3.63) is 29.8 Å². The molecular weight excluding hydrogens is 354 g/mol. The van der Waals surface area contributed by atoms with E-state index in [2.05, 4.69) is 44.8 Å². The molecule has 1 amide bonds. The number of amides is 1. The van der Waals surface area contributed by atoms with Gasteiger partial charge in [-0.25, -0.2) is 0 Å². The summed E-state index contributed by atoms with van der Waals surface area (Å²) < 4.78 is 5.41. The monoisotopic (exact) mass is 387 g/mol. The molecule has 2 aliphatic heterocycles. The van der Waals surface area contributed by atoms with Gasteiger partial charge in [-0.1, -0.05) is 26.0 Å². The molecule has 0 aliphatic carbocycles. The zero-order valence-corrected chi connectivity index (χ0v) is 17.3. The lowest BCUT2D eigenvalue weighted by Crippen LogP contribution is -2.45. The number of hydrogen-bond donors (Lipinski definition) is 2. The number of ether oxygens (including phenoxy) is 1. The molecule has 0 aromatic heterocycles. The second kappa shape index (κ2) is 9.78. The first-order chi connectivity index (χ1) is 13.6. The van der Waals surface area contributed by atoms with Gasteiger partial charge in [0, 0.05) is 57.4 Å². The van der Waals surface area contributed by atoms with Crippen LogP contribution in [0.15, 0.2) is 29.3 Å². The molecule has 154 valence electrons. The largest absolute Gasteiger partial charge is 0.378 e.